The van der Waals surface area contributed by atoms with Crippen molar-refractivity contribution in [3.63, 3.8) is 0 Å². The molecule has 0 bridgehead atoms. The molecule has 2 amide bonds. The maximum absolute atomic E-state index is 12.0. The Hall–Kier alpha value is -2.99. The molecule has 1 aliphatic rings. The minimum Gasteiger partial charge on any atom is -0.325 e. The summed E-state index contributed by atoms with van der Waals surface area (Å²) in [4.78, 5) is 50.7. The number of rotatable bonds is 5. The van der Waals surface area contributed by atoms with E-state index in [2.05, 4.69) is 0 Å². The lowest BCUT2D eigenvalue weighted by Gasteiger charge is -2.15. The maximum atomic E-state index is 12.0. The summed E-state index contributed by atoms with van der Waals surface area (Å²) in [6.07, 6.45) is 0.190. The van der Waals surface area contributed by atoms with E-state index in [9.17, 15) is 19.2 Å². The number of hydroxylamine groups is 2. The van der Waals surface area contributed by atoms with Gasteiger partial charge in [0, 0.05) is 18.4 Å². The topological polar surface area (TPSA) is 80.8 Å². The Balaban J connectivity index is 0.000000245. The number of hydrogen-bond donors (Lipinski definition) is 0. The van der Waals surface area contributed by atoms with Crippen molar-refractivity contribution in [1.29, 1.82) is 0 Å². The third-order valence-corrected chi connectivity index (χ3v) is 4.98. The van der Waals surface area contributed by atoms with Crippen molar-refractivity contribution in [2.45, 2.75) is 52.4 Å². The van der Waals surface area contributed by atoms with Crippen molar-refractivity contribution in [3.8, 4) is 0 Å². The Morgan fingerprint density at radius 2 is 1.23 bits per heavy atom. The van der Waals surface area contributed by atoms with Gasteiger partial charge in [0.2, 0.25) is 0 Å². The first kappa shape index (κ1) is 24.3. The van der Waals surface area contributed by atoms with Gasteiger partial charge in [0.1, 0.15) is 0 Å². The van der Waals surface area contributed by atoms with Gasteiger partial charge in [0.05, 0.1) is 5.56 Å². The summed E-state index contributed by atoms with van der Waals surface area (Å²) in [5.74, 6) is -1.13. The number of amides is 2. The van der Waals surface area contributed by atoms with Crippen LogP contribution in [0.3, 0.4) is 0 Å². The zero-order valence-electron chi connectivity index (χ0n) is 18.1. The van der Waals surface area contributed by atoms with Crippen molar-refractivity contribution < 1.29 is 24.0 Å². The third-order valence-electron chi connectivity index (χ3n) is 4.78. The minimum atomic E-state index is -0.673. The Kier molecular flexibility index (Phi) is 8.51. The van der Waals surface area contributed by atoms with Crippen molar-refractivity contribution in [3.05, 3.63) is 70.8 Å². The number of hydrogen-bond acceptors (Lipinski definition) is 5. The lowest BCUT2D eigenvalue weighted by molar-refractivity contribution is -0.172. The van der Waals surface area contributed by atoms with Gasteiger partial charge >= 0.3 is 5.97 Å². The second-order valence-corrected chi connectivity index (χ2v) is 8.06. The molecule has 0 spiro atoms. The Bertz CT molecular complexity index is 967. The third kappa shape index (κ3) is 6.25. The van der Waals surface area contributed by atoms with Crippen molar-refractivity contribution in [1.82, 2.24) is 5.06 Å². The van der Waals surface area contributed by atoms with Crippen LogP contribution >= 0.6 is 11.6 Å². The predicted molar refractivity (Wildman–Crippen MR) is 118 cm³/mol. The Labute approximate surface area is 187 Å². The largest absolute Gasteiger partial charge is 0.364 e. The van der Waals surface area contributed by atoms with Gasteiger partial charge in [-0.05, 0) is 46.7 Å². The van der Waals surface area contributed by atoms with E-state index >= 15 is 0 Å². The molecule has 1 aliphatic heterocycles. The molecule has 0 radical (unpaired) electrons. The van der Waals surface area contributed by atoms with E-state index in [0.29, 0.717) is 22.1 Å². The van der Waals surface area contributed by atoms with Crippen LogP contribution in [0.1, 0.15) is 84.2 Å². The Morgan fingerprint density at radius 3 is 1.65 bits per heavy atom. The zero-order chi connectivity index (χ0) is 23.1. The first-order valence-electron chi connectivity index (χ1n) is 10.1. The van der Waals surface area contributed by atoms with Crippen LogP contribution in [-0.4, -0.2) is 28.1 Å². The molecule has 0 N–H and O–H groups in total. The van der Waals surface area contributed by atoms with Gasteiger partial charge in [-0.2, -0.15) is 0 Å². The van der Waals surface area contributed by atoms with Gasteiger partial charge in [0.15, 0.2) is 0 Å². The van der Waals surface area contributed by atoms with E-state index < -0.39 is 17.8 Å². The number of benzene rings is 2. The summed E-state index contributed by atoms with van der Waals surface area (Å²) in [7, 11) is 0. The van der Waals surface area contributed by atoms with E-state index in [1.807, 2.05) is 58.0 Å². The first-order chi connectivity index (χ1) is 14.6. The molecule has 6 nitrogen and oxygen atoms in total. The summed E-state index contributed by atoms with van der Waals surface area (Å²) >= 11 is 5.41. The summed E-state index contributed by atoms with van der Waals surface area (Å²) < 4.78 is 0. The molecule has 31 heavy (non-hydrogen) atoms. The van der Waals surface area contributed by atoms with E-state index in [1.165, 1.54) is 0 Å². The minimum absolute atomic E-state index is 0.0952. The molecular weight excluding hydrogens is 418 g/mol. The maximum Gasteiger partial charge on any atom is 0.364 e. The average molecular weight is 444 g/mol. The normalized spacial score (nSPS) is 13.3. The van der Waals surface area contributed by atoms with Crippen LogP contribution in [0.2, 0.25) is 0 Å². The molecule has 164 valence electrons. The van der Waals surface area contributed by atoms with E-state index in [1.54, 1.807) is 18.2 Å². The van der Waals surface area contributed by atoms with E-state index in [4.69, 9.17) is 16.4 Å². The van der Waals surface area contributed by atoms with Crippen LogP contribution in [0.25, 0.3) is 0 Å². The monoisotopic (exact) mass is 443 g/mol. The zero-order valence-corrected chi connectivity index (χ0v) is 18.8. The molecule has 0 atom stereocenters. The van der Waals surface area contributed by atoms with E-state index in [0.717, 1.165) is 11.1 Å². The number of imide groups is 1. The van der Waals surface area contributed by atoms with Crippen molar-refractivity contribution in [2.75, 3.05) is 0 Å². The van der Waals surface area contributed by atoms with Crippen molar-refractivity contribution >= 4 is 34.6 Å². The summed E-state index contributed by atoms with van der Waals surface area (Å²) in [6, 6.07) is 14.4. The molecule has 2 aromatic carbocycles. The van der Waals surface area contributed by atoms with Gasteiger partial charge in [0.25, 0.3) is 17.1 Å². The fourth-order valence-electron chi connectivity index (χ4n) is 3.16. The van der Waals surface area contributed by atoms with Crippen molar-refractivity contribution in [2.24, 2.45) is 0 Å². The van der Waals surface area contributed by atoms with Gasteiger partial charge < -0.3 is 4.84 Å². The average Bonchev–Trinajstić information content (AvgIpc) is 3.06. The molecule has 7 heteroatoms. The van der Waals surface area contributed by atoms with Crippen LogP contribution in [0.4, 0.5) is 0 Å². The molecule has 2 aromatic rings. The quantitative estimate of drug-likeness (QED) is 0.467. The molecule has 0 unspecified atom stereocenters. The molecule has 0 aromatic heterocycles. The standard InChI is InChI=1S/C14H15NO4.C10H11ClO/c1-9(2)10-5-3-4-6-11(10)14(18)19-15-12(16)7-8-13(15)17;1-7(2)8-5-3-4-6-9(8)10(11)12/h3-6,9H,7-8H2,1-2H3;3-7H,1-2H3. The molecule has 1 heterocycles. The SMILES string of the molecule is CC(C)c1ccccc1C(=O)Cl.CC(C)c1ccccc1C(=O)ON1C(=O)CCC1=O. The summed E-state index contributed by atoms with van der Waals surface area (Å²) in [6.45, 7) is 7.99. The molecule has 0 saturated carbocycles. The van der Waals surface area contributed by atoms with Crippen LogP contribution in [0.5, 0.6) is 0 Å². The van der Waals surface area contributed by atoms with Crippen LogP contribution < -0.4 is 0 Å². The number of carbonyl (C=O) groups excluding carboxylic acids is 4. The smallest absolute Gasteiger partial charge is 0.325 e. The number of carbonyl (C=O) groups is 4. The highest BCUT2D eigenvalue weighted by molar-refractivity contribution is 6.67. The van der Waals surface area contributed by atoms with Crippen LogP contribution in [0.15, 0.2) is 48.5 Å². The van der Waals surface area contributed by atoms with Gasteiger partial charge in [-0.25, -0.2) is 4.79 Å². The lowest BCUT2D eigenvalue weighted by atomic mass is 9.97. The number of nitrogens with zero attached hydrogens (tertiary/aromatic N) is 1. The number of halogens is 1. The lowest BCUT2D eigenvalue weighted by Crippen LogP contribution is -2.32. The summed E-state index contributed by atoms with van der Waals surface area (Å²) in [5, 5.41) is 0.193. The molecule has 1 fully saturated rings. The molecule has 0 aliphatic carbocycles. The van der Waals surface area contributed by atoms with Crippen LogP contribution in [-0.2, 0) is 14.4 Å². The highest BCUT2D eigenvalue weighted by atomic mass is 35.5. The fourth-order valence-corrected chi connectivity index (χ4v) is 3.33. The fraction of sp³-hybridized carbons (Fsp3) is 0.333. The molecule has 1 saturated heterocycles. The molecule has 3 rings (SSSR count). The highest BCUT2D eigenvalue weighted by Gasteiger charge is 2.33. The van der Waals surface area contributed by atoms with Gasteiger partial charge in [-0.3, -0.25) is 14.4 Å². The van der Waals surface area contributed by atoms with Crippen LogP contribution in [0, 0.1) is 0 Å². The Morgan fingerprint density at radius 1 is 0.806 bits per heavy atom. The van der Waals surface area contributed by atoms with Gasteiger partial charge in [-0.15, -0.1) is 5.06 Å². The van der Waals surface area contributed by atoms with E-state index in [-0.39, 0.29) is 24.0 Å². The first-order valence-corrected chi connectivity index (χ1v) is 10.5. The molecular formula is C24H26ClNO5. The predicted octanol–water partition coefficient (Wildman–Crippen LogP) is 5.22. The highest BCUT2D eigenvalue weighted by Crippen LogP contribution is 2.22. The summed E-state index contributed by atoms with van der Waals surface area (Å²) in [5.41, 5.74) is 2.84. The van der Waals surface area contributed by atoms with Gasteiger partial charge in [-0.1, -0.05) is 64.1 Å². The second kappa shape index (κ2) is 10.9. The second-order valence-electron chi connectivity index (χ2n) is 7.72.